The average Bonchev–Trinajstić information content (AvgIpc) is 2.75. The topological polar surface area (TPSA) is 38.9 Å². The van der Waals surface area contributed by atoms with Crippen molar-refractivity contribution in [3.63, 3.8) is 0 Å². The second-order valence-corrected chi connectivity index (χ2v) is 3.07. The Bertz CT molecular complexity index is 240. The van der Waals surface area contributed by atoms with E-state index in [-0.39, 0.29) is 0 Å². The Morgan fingerprint density at radius 2 is 2.36 bits per heavy atom. The molecule has 1 fully saturated rings. The zero-order chi connectivity index (χ0) is 7.68. The molecular weight excluding hydrogens is 140 g/mol. The number of nitrogens with zero attached hydrogens (tertiary/aromatic N) is 2. The van der Waals surface area contributed by atoms with E-state index in [9.17, 15) is 0 Å². The Labute approximate surface area is 65.8 Å². The molecule has 1 aromatic heterocycles. The van der Waals surface area contributed by atoms with Crippen molar-refractivity contribution in [1.29, 1.82) is 0 Å². The average molecular weight is 152 g/mol. The highest BCUT2D eigenvalue weighted by Gasteiger charge is 2.29. The maximum absolute atomic E-state index is 5.08. The molecule has 0 atom stereocenters. The van der Waals surface area contributed by atoms with Crippen LogP contribution in [0.25, 0.3) is 0 Å². The zero-order valence-electron chi connectivity index (χ0n) is 6.71. The van der Waals surface area contributed by atoms with Gasteiger partial charge in [-0.2, -0.15) is 4.98 Å². The summed E-state index contributed by atoms with van der Waals surface area (Å²) in [6, 6.07) is 0. The second kappa shape index (κ2) is 2.64. The van der Waals surface area contributed by atoms with Gasteiger partial charge in [0, 0.05) is 12.3 Å². The zero-order valence-corrected chi connectivity index (χ0v) is 6.71. The third-order valence-corrected chi connectivity index (χ3v) is 1.88. The van der Waals surface area contributed by atoms with E-state index in [0.29, 0.717) is 5.92 Å². The SMILES string of the molecule is CCCc1noc(C2CC2)n1. The minimum absolute atomic E-state index is 0.591. The van der Waals surface area contributed by atoms with Crippen molar-refractivity contribution in [2.75, 3.05) is 0 Å². The van der Waals surface area contributed by atoms with Gasteiger partial charge in [-0.1, -0.05) is 12.1 Å². The van der Waals surface area contributed by atoms with Gasteiger partial charge in [0.15, 0.2) is 5.82 Å². The summed E-state index contributed by atoms with van der Waals surface area (Å²) in [7, 11) is 0. The predicted octanol–water partition coefficient (Wildman–Crippen LogP) is 1.90. The molecule has 0 amide bonds. The third kappa shape index (κ3) is 1.42. The standard InChI is InChI=1S/C8H12N2O/c1-2-3-7-9-8(11-10-7)6-4-5-6/h6H,2-5H2,1H3. The molecule has 0 unspecified atom stereocenters. The van der Waals surface area contributed by atoms with E-state index < -0.39 is 0 Å². The Morgan fingerprint density at radius 1 is 1.55 bits per heavy atom. The van der Waals surface area contributed by atoms with Crippen molar-refractivity contribution in [1.82, 2.24) is 10.1 Å². The molecule has 3 nitrogen and oxygen atoms in total. The lowest BCUT2D eigenvalue weighted by molar-refractivity contribution is 0.374. The van der Waals surface area contributed by atoms with Crippen LogP contribution in [0.2, 0.25) is 0 Å². The molecule has 0 radical (unpaired) electrons. The van der Waals surface area contributed by atoms with Crippen LogP contribution < -0.4 is 0 Å². The van der Waals surface area contributed by atoms with Crippen molar-refractivity contribution < 1.29 is 4.52 Å². The number of hydrogen-bond donors (Lipinski definition) is 0. The van der Waals surface area contributed by atoms with Gasteiger partial charge in [-0.15, -0.1) is 0 Å². The van der Waals surface area contributed by atoms with Crippen molar-refractivity contribution in [3.8, 4) is 0 Å². The van der Waals surface area contributed by atoms with Crippen LogP contribution in [0.5, 0.6) is 0 Å². The Balaban J connectivity index is 2.06. The van der Waals surface area contributed by atoms with E-state index in [1.54, 1.807) is 0 Å². The maximum atomic E-state index is 5.08. The van der Waals surface area contributed by atoms with Crippen LogP contribution in [0.3, 0.4) is 0 Å². The van der Waals surface area contributed by atoms with Gasteiger partial charge in [0.05, 0.1) is 0 Å². The van der Waals surface area contributed by atoms with Gasteiger partial charge in [0.2, 0.25) is 5.89 Å². The molecule has 1 aromatic rings. The molecule has 1 heterocycles. The van der Waals surface area contributed by atoms with Crippen LogP contribution in [0, 0.1) is 0 Å². The highest BCUT2D eigenvalue weighted by atomic mass is 16.5. The number of rotatable bonds is 3. The molecule has 1 aliphatic carbocycles. The molecule has 60 valence electrons. The Hall–Kier alpha value is -0.860. The summed E-state index contributed by atoms with van der Waals surface area (Å²) in [5.74, 6) is 2.32. The lowest BCUT2D eigenvalue weighted by Gasteiger charge is -1.83. The van der Waals surface area contributed by atoms with Crippen LogP contribution >= 0.6 is 0 Å². The molecule has 0 aliphatic heterocycles. The normalized spacial score (nSPS) is 17.2. The lowest BCUT2D eigenvalue weighted by Crippen LogP contribution is -1.85. The van der Waals surface area contributed by atoms with E-state index in [1.165, 1.54) is 12.8 Å². The van der Waals surface area contributed by atoms with Crippen molar-refractivity contribution in [2.24, 2.45) is 0 Å². The highest BCUT2D eigenvalue weighted by molar-refractivity contribution is 5.01. The molecule has 0 bridgehead atoms. The first-order valence-corrected chi connectivity index (χ1v) is 4.22. The minimum Gasteiger partial charge on any atom is -0.339 e. The smallest absolute Gasteiger partial charge is 0.229 e. The first-order chi connectivity index (χ1) is 5.40. The van der Waals surface area contributed by atoms with Crippen LogP contribution in [0.15, 0.2) is 4.52 Å². The fourth-order valence-corrected chi connectivity index (χ4v) is 1.09. The monoisotopic (exact) mass is 152 g/mol. The second-order valence-electron chi connectivity index (χ2n) is 3.07. The summed E-state index contributed by atoms with van der Waals surface area (Å²) < 4.78 is 5.08. The molecule has 11 heavy (non-hydrogen) atoms. The van der Waals surface area contributed by atoms with Crippen molar-refractivity contribution in [2.45, 2.75) is 38.5 Å². The van der Waals surface area contributed by atoms with E-state index in [0.717, 1.165) is 24.6 Å². The summed E-state index contributed by atoms with van der Waals surface area (Å²) in [6.45, 7) is 2.12. The van der Waals surface area contributed by atoms with Gasteiger partial charge >= 0.3 is 0 Å². The summed E-state index contributed by atoms with van der Waals surface area (Å²) in [6.07, 6.45) is 4.49. The van der Waals surface area contributed by atoms with Crippen LogP contribution in [-0.4, -0.2) is 10.1 Å². The van der Waals surface area contributed by atoms with Gasteiger partial charge in [0.25, 0.3) is 0 Å². The van der Waals surface area contributed by atoms with E-state index in [1.807, 2.05) is 0 Å². The molecule has 1 saturated carbocycles. The molecule has 0 aromatic carbocycles. The van der Waals surface area contributed by atoms with E-state index in [2.05, 4.69) is 17.1 Å². The van der Waals surface area contributed by atoms with E-state index >= 15 is 0 Å². The number of hydrogen-bond acceptors (Lipinski definition) is 3. The first kappa shape index (κ1) is 6.83. The summed E-state index contributed by atoms with van der Waals surface area (Å²) in [5.41, 5.74) is 0. The van der Waals surface area contributed by atoms with Gasteiger partial charge in [-0.3, -0.25) is 0 Å². The van der Waals surface area contributed by atoms with Crippen LogP contribution in [-0.2, 0) is 6.42 Å². The highest BCUT2D eigenvalue weighted by Crippen LogP contribution is 2.38. The number of aryl methyl sites for hydroxylation is 1. The van der Waals surface area contributed by atoms with E-state index in [4.69, 9.17) is 4.52 Å². The molecule has 0 saturated heterocycles. The quantitative estimate of drug-likeness (QED) is 0.664. The lowest BCUT2D eigenvalue weighted by atomic mass is 10.3. The van der Waals surface area contributed by atoms with Gasteiger partial charge in [-0.05, 0) is 19.3 Å². The molecule has 0 N–H and O–H groups in total. The molecule has 2 rings (SSSR count). The van der Waals surface area contributed by atoms with Crippen LogP contribution in [0.4, 0.5) is 0 Å². The summed E-state index contributed by atoms with van der Waals surface area (Å²) in [5, 5.41) is 3.88. The molecule has 0 spiro atoms. The fourth-order valence-electron chi connectivity index (χ4n) is 1.09. The number of aromatic nitrogens is 2. The van der Waals surface area contributed by atoms with Crippen molar-refractivity contribution >= 4 is 0 Å². The Morgan fingerprint density at radius 3 is 3.00 bits per heavy atom. The van der Waals surface area contributed by atoms with Crippen molar-refractivity contribution in [3.05, 3.63) is 11.7 Å². The Kier molecular flexibility index (Phi) is 1.64. The molecule has 1 aliphatic rings. The molecular formula is C8H12N2O. The summed E-state index contributed by atoms with van der Waals surface area (Å²) in [4.78, 5) is 4.28. The van der Waals surface area contributed by atoms with Gasteiger partial charge in [-0.25, -0.2) is 0 Å². The minimum atomic E-state index is 0.591. The fraction of sp³-hybridized carbons (Fsp3) is 0.750. The largest absolute Gasteiger partial charge is 0.339 e. The first-order valence-electron chi connectivity index (χ1n) is 4.22. The van der Waals surface area contributed by atoms with Gasteiger partial charge < -0.3 is 4.52 Å². The third-order valence-electron chi connectivity index (χ3n) is 1.88. The van der Waals surface area contributed by atoms with Crippen LogP contribution in [0.1, 0.15) is 43.8 Å². The summed E-state index contributed by atoms with van der Waals surface area (Å²) >= 11 is 0. The maximum Gasteiger partial charge on any atom is 0.229 e. The van der Waals surface area contributed by atoms with Gasteiger partial charge in [0.1, 0.15) is 0 Å². The predicted molar refractivity (Wildman–Crippen MR) is 40.3 cm³/mol. The molecule has 3 heteroatoms.